The van der Waals surface area contributed by atoms with Crippen LogP contribution in [0.3, 0.4) is 0 Å². The molecular weight excluding hydrogens is 314 g/mol. The number of carboxylic acids is 1. The van der Waals surface area contributed by atoms with Crippen LogP contribution in [0.15, 0.2) is 12.1 Å². The van der Waals surface area contributed by atoms with Crippen LogP contribution in [0.2, 0.25) is 0 Å². The van der Waals surface area contributed by atoms with Gasteiger partial charge in [-0.2, -0.15) is 0 Å². The molecule has 2 atom stereocenters. The van der Waals surface area contributed by atoms with Gasteiger partial charge in [0.15, 0.2) is 0 Å². The van der Waals surface area contributed by atoms with Crippen molar-refractivity contribution in [2.45, 2.75) is 13.5 Å². The van der Waals surface area contributed by atoms with E-state index in [1.165, 1.54) is 14.7 Å². The van der Waals surface area contributed by atoms with E-state index in [1.54, 1.807) is 30.3 Å². The summed E-state index contributed by atoms with van der Waals surface area (Å²) in [4.78, 5) is 32.1. The fourth-order valence-corrected chi connectivity index (χ4v) is 4.74. The number of nitrogens with zero attached hydrogens (tertiary/aromatic N) is 3. The summed E-state index contributed by atoms with van der Waals surface area (Å²) in [6.07, 6.45) is 0. The van der Waals surface area contributed by atoms with Crippen molar-refractivity contribution in [2.24, 2.45) is 11.3 Å². The maximum atomic E-state index is 12.2. The van der Waals surface area contributed by atoms with Crippen LogP contribution in [0.4, 0.5) is 4.79 Å². The van der Waals surface area contributed by atoms with Crippen LogP contribution in [0.5, 0.6) is 0 Å². The molecule has 126 valence electrons. The lowest BCUT2D eigenvalue weighted by Crippen LogP contribution is -2.44. The first-order chi connectivity index (χ1) is 10.8. The van der Waals surface area contributed by atoms with E-state index in [0.717, 1.165) is 13.1 Å². The van der Waals surface area contributed by atoms with Crippen LogP contribution in [0.25, 0.3) is 0 Å². The number of carboxylic acid groups (broad SMARTS) is 1. The monoisotopic (exact) mass is 337 g/mol. The SMILES string of the molecule is Cc1ccc(CN2C[C@H]3CN(C(=O)N(C)C)C[C@@]3(C(=O)O)C2)s1. The molecule has 1 N–H and O–H groups in total. The van der Waals surface area contributed by atoms with Gasteiger partial charge in [0.05, 0.1) is 0 Å². The molecule has 1 aromatic rings. The number of thiophene rings is 1. The van der Waals surface area contributed by atoms with Crippen molar-refractivity contribution < 1.29 is 14.7 Å². The zero-order valence-corrected chi connectivity index (χ0v) is 14.6. The molecular formula is C16H23N3O3S. The van der Waals surface area contributed by atoms with Crippen molar-refractivity contribution in [1.82, 2.24) is 14.7 Å². The van der Waals surface area contributed by atoms with Gasteiger partial charge in [0.1, 0.15) is 5.41 Å². The molecule has 6 nitrogen and oxygen atoms in total. The highest BCUT2D eigenvalue weighted by Gasteiger charge is 2.58. The lowest BCUT2D eigenvalue weighted by molar-refractivity contribution is -0.148. The van der Waals surface area contributed by atoms with Gasteiger partial charge >= 0.3 is 12.0 Å². The number of aryl methyl sites for hydroxylation is 1. The van der Waals surface area contributed by atoms with E-state index >= 15 is 0 Å². The van der Waals surface area contributed by atoms with Crippen molar-refractivity contribution in [2.75, 3.05) is 40.3 Å². The number of fused-ring (bicyclic) bond motifs is 1. The van der Waals surface area contributed by atoms with Gasteiger partial charge < -0.3 is 14.9 Å². The van der Waals surface area contributed by atoms with Gasteiger partial charge in [0.25, 0.3) is 0 Å². The molecule has 0 aliphatic carbocycles. The van der Waals surface area contributed by atoms with E-state index in [2.05, 4.69) is 24.0 Å². The normalized spacial score (nSPS) is 27.3. The van der Waals surface area contributed by atoms with E-state index in [-0.39, 0.29) is 11.9 Å². The van der Waals surface area contributed by atoms with Crippen LogP contribution in [0.1, 0.15) is 9.75 Å². The Kier molecular flexibility index (Phi) is 4.10. The van der Waals surface area contributed by atoms with E-state index in [0.29, 0.717) is 19.6 Å². The lowest BCUT2D eigenvalue weighted by atomic mass is 9.81. The summed E-state index contributed by atoms with van der Waals surface area (Å²) >= 11 is 1.76. The largest absolute Gasteiger partial charge is 0.481 e. The van der Waals surface area contributed by atoms with Crippen LogP contribution < -0.4 is 0 Å². The van der Waals surface area contributed by atoms with Gasteiger partial charge in [-0.15, -0.1) is 11.3 Å². The standard InChI is InChI=1S/C16H23N3O3S/c1-11-4-5-13(23-11)8-18-6-12-7-19(15(22)17(2)3)10-16(12,9-18)14(20)21/h4-5,12H,6-10H2,1-3H3,(H,20,21)/t12-,16-/m0/s1. The number of urea groups is 1. The summed E-state index contributed by atoms with van der Waals surface area (Å²) in [5, 5.41) is 9.82. The molecule has 0 spiro atoms. The third kappa shape index (κ3) is 2.83. The van der Waals surface area contributed by atoms with Crippen LogP contribution in [-0.4, -0.2) is 72.1 Å². The number of hydrogen-bond acceptors (Lipinski definition) is 4. The summed E-state index contributed by atoms with van der Waals surface area (Å²) in [7, 11) is 3.41. The molecule has 0 radical (unpaired) electrons. The molecule has 7 heteroatoms. The average molecular weight is 337 g/mol. The first-order valence-electron chi connectivity index (χ1n) is 7.79. The zero-order valence-electron chi connectivity index (χ0n) is 13.8. The highest BCUT2D eigenvalue weighted by atomic mass is 32.1. The highest BCUT2D eigenvalue weighted by Crippen LogP contribution is 2.43. The second-order valence-electron chi connectivity index (χ2n) is 6.90. The molecule has 2 fully saturated rings. The smallest absolute Gasteiger partial charge is 0.319 e. The molecule has 1 aromatic heterocycles. The number of aliphatic carboxylic acids is 1. The fourth-order valence-electron chi connectivity index (χ4n) is 3.81. The Labute approximate surface area is 140 Å². The molecule has 0 aromatic carbocycles. The second-order valence-corrected chi connectivity index (χ2v) is 8.27. The van der Waals surface area contributed by atoms with Crippen LogP contribution in [0, 0.1) is 18.3 Å². The quantitative estimate of drug-likeness (QED) is 0.909. The average Bonchev–Trinajstić information content (AvgIpc) is 3.11. The summed E-state index contributed by atoms with van der Waals surface area (Å²) in [6.45, 7) is 4.97. The van der Waals surface area contributed by atoms with Gasteiger partial charge in [0.2, 0.25) is 0 Å². The molecule has 2 aliphatic heterocycles. The number of likely N-dealkylation sites (tertiary alicyclic amines) is 2. The Morgan fingerprint density at radius 2 is 2.09 bits per heavy atom. The maximum Gasteiger partial charge on any atom is 0.319 e. The van der Waals surface area contributed by atoms with Gasteiger partial charge in [0, 0.05) is 62.5 Å². The van der Waals surface area contributed by atoms with Crippen LogP contribution >= 0.6 is 11.3 Å². The molecule has 3 rings (SSSR count). The predicted molar refractivity (Wildman–Crippen MR) is 88.5 cm³/mol. The summed E-state index contributed by atoms with van der Waals surface area (Å²) < 4.78 is 0. The number of rotatable bonds is 3. The van der Waals surface area contributed by atoms with E-state index in [1.807, 2.05) is 0 Å². The van der Waals surface area contributed by atoms with Crippen molar-refractivity contribution in [3.8, 4) is 0 Å². The van der Waals surface area contributed by atoms with E-state index in [9.17, 15) is 14.7 Å². The fraction of sp³-hybridized carbons (Fsp3) is 0.625. The predicted octanol–water partition coefficient (Wildman–Crippen LogP) is 1.56. The van der Waals surface area contributed by atoms with Crippen molar-refractivity contribution in [1.29, 1.82) is 0 Å². The first kappa shape index (κ1) is 16.3. The van der Waals surface area contributed by atoms with Crippen LogP contribution in [-0.2, 0) is 11.3 Å². The van der Waals surface area contributed by atoms with Gasteiger partial charge in [-0.25, -0.2) is 4.79 Å². The number of carbonyl (C=O) groups is 2. The minimum atomic E-state index is -0.821. The minimum Gasteiger partial charge on any atom is -0.481 e. The Hall–Kier alpha value is -1.60. The topological polar surface area (TPSA) is 64.1 Å². The third-order valence-electron chi connectivity index (χ3n) is 4.93. The van der Waals surface area contributed by atoms with Gasteiger partial charge in [-0.05, 0) is 19.1 Å². The Balaban J connectivity index is 1.73. The van der Waals surface area contributed by atoms with Gasteiger partial charge in [-0.3, -0.25) is 9.69 Å². The molecule has 2 amide bonds. The zero-order chi connectivity index (χ0) is 16.8. The Morgan fingerprint density at radius 3 is 2.61 bits per heavy atom. The van der Waals surface area contributed by atoms with Crippen molar-refractivity contribution in [3.05, 3.63) is 21.9 Å². The Morgan fingerprint density at radius 1 is 1.35 bits per heavy atom. The molecule has 0 unspecified atom stereocenters. The lowest BCUT2D eigenvalue weighted by Gasteiger charge is -2.26. The van der Waals surface area contributed by atoms with Crippen molar-refractivity contribution >= 4 is 23.3 Å². The van der Waals surface area contributed by atoms with Crippen molar-refractivity contribution in [3.63, 3.8) is 0 Å². The summed E-state index contributed by atoms with van der Waals surface area (Å²) in [5.74, 6) is -0.772. The second kappa shape index (κ2) is 5.79. The summed E-state index contributed by atoms with van der Waals surface area (Å²) in [5.41, 5.74) is -0.821. The number of carbonyl (C=O) groups excluding carboxylic acids is 1. The highest BCUT2D eigenvalue weighted by molar-refractivity contribution is 7.11. The summed E-state index contributed by atoms with van der Waals surface area (Å²) in [6, 6.07) is 4.12. The maximum absolute atomic E-state index is 12.2. The molecule has 2 aliphatic rings. The molecule has 3 heterocycles. The number of amides is 2. The van der Waals surface area contributed by atoms with E-state index < -0.39 is 11.4 Å². The third-order valence-corrected chi connectivity index (χ3v) is 5.92. The molecule has 2 saturated heterocycles. The molecule has 23 heavy (non-hydrogen) atoms. The number of hydrogen-bond donors (Lipinski definition) is 1. The Bertz CT molecular complexity index is 630. The van der Waals surface area contributed by atoms with Gasteiger partial charge in [-0.1, -0.05) is 0 Å². The van der Waals surface area contributed by atoms with E-state index in [4.69, 9.17) is 0 Å². The molecule has 0 saturated carbocycles. The first-order valence-corrected chi connectivity index (χ1v) is 8.61. The molecule has 0 bridgehead atoms. The minimum absolute atomic E-state index is 0.00459.